The van der Waals surface area contributed by atoms with Crippen LogP contribution in [0, 0.1) is 0 Å². The first-order valence-electron chi connectivity index (χ1n) is 7.34. The maximum Gasteiger partial charge on any atom is 0.213 e. The van der Waals surface area contributed by atoms with Crippen LogP contribution in [0.2, 0.25) is 0 Å². The number of fused-ring (bicyclic) bond motifs is 8. The minimum Gasteiger partial charge on any atom is -0.194 e. The molecule has 4 aromatic rings. The topological polar surface area (TPSA) is 3.88 Å². The van der Waals surface area contributed by atoms with Crippen molar-refractivity contribution in [2.75, 3.05) is 0 Å². The van der Waals surface area contributed by atoms with Crippen LogP contribution in [-0.4, -0.2) is 0 Å². The van der Waals surface area contributed by atoms with Gasteiger partial charge in [-0.3, -0.25) is 0 Å². The van der Waals surface area contributed by atoms with Gasteiger partial charge in [0.1, 0.15) is 0 Å². The summed E-state index contributed by atoms with van der Waals surface area (Å²) in [5.74, 6) is 0. The average Bonchev–Trinajstić information content (AvgIpc) is 2.95. The van der Waals surface area contributed by atoms with Crippen molar-refractivity contribution in [1.82, 2.24) is 0 Å². The average molecular weight is 268 g/mol. The second-order valence-corrected chi connectivity index (χ2v) is 5.66. The van der Waals surface area contributed by atoms with E-state index >= 15 is 0 Å². The summed E-state index contributed by atoms with van der Waals surface area (Å²) in [5, 5.41) is 5.46. The SMILES string of the molecule is c1cc[n+]2c(c1)-c1c(c3ccccc3c3ccccc13)C2. The molecule has 0 N–H and O–H groups in total. The molecule has 1 heteroatoms. The van der Waals surface area contributed by atoms with Gasteiger partial charge in [0.05, 0.1) is 5.56 Å². The quantitative estimate of drug-likeness (QED) is 0.291. The zero-order valence-corrected chi connectivity index (χ0v) is 11.6. The maximum absolute atomic E-state index is 2.35. The van der Waals surface area contributed by atoms with Gasteiger partial charge in [0, 0.05) is 17.7 Å². The first-order chi connectivity index (χ1) is 10.4. The summed E-state index contributed by atoms with van der Waals surface area (Å²) >= 11 is 0. The van der Waals surface area contributed by atoms with Crippen LogP contribution in [-0.2, 0) is 6.54 Å². The van der Waals surface area contributed by atoms with Gasteiger partial charge in [-0.1, -0.05) is 48.5 Å². The molecule has 0 spiro atoms. The van der Waals surface area contributed by atoms with E-state index < -0.39 is 0 Å². The highest BCUT2D eigenvalue weighted by Crippen LogP contribution is 2.40. The van der Waals surface area contributed by atoms with E-state index in [0.717, 1.165) is 6.54 Å². The van der Waals surface area contributed by atoms with Gasteiger partial charge in [-0.15, -0.1) is 0 Å². The summed E-state index contributed by atoms with van der Waals surface area (Å²) in [4.78, 5) is 0. The fourth-order valence-electron chi connectivity index (χ4n) is 3.68. The fraction of sp³-hybridized carbons (Fsp3) is 0.0500. The normalized spacial score (nSPS) is 12.6. The molecule has 1 aliphatic heterocycles. The predicted molar refractivity (Wildman–Crippen MR) is 86.2 cm³/mol. The van der Waals surface area contributed by atoms with Gasteiger partial charge in [-0.05, 0) is 27.6 Å². The van der Waals surface area contributed by atoms with Crippen LogP contribution in [0.15, 0.2) is 72.9 Å². The highest BCUT2D eigenvalue weighted by molar-refractivity contribution is 6.15. The van der Waals surface area contributed by atoms with E-state index in [0.29, 0.717) is 0 Å². The Hall–Kier alpha value is -2.67. The molecule has 2 heterocycles. The van der Waals surface area contributed by atoms with Crippen LogP contribution in [0.4, 0.5) is 0 Å². The van der Waals surface area contributed by atoms with Crippen molar-refractivity contribution < 1.29 is 4.57 Å². The van der Waals surface area contributed by atoms with Crippen molar-refractivity contribution in [2.24, 2.45) is 0 Å². The molecule has 0 unspecified atom stereocenters. The highest BCUT2D eigenvalue weighted by Gasteiger charge is 2.29. The van der Waals surface area contributed by atoms with Gasteiger partial charge >= 0.3 is 0 Å². The molecule has 0 fully saturated rings. The molecule has 1 aliphatic rings. The summed E-state index contributed by atoms with van der Waals surface area (Å²) in [5.41, 5.74) is 4.19. The highest BCUT2D eigenvalue weighted by atomic mass is 15.0. The van der Waals surface area contributed by atoms with Crippen molar-refractivity contribution >= 4 is 21.5 Å². The van der Waals surface area contributed by atoms with Crippen LogP contribution < -0.4 is 4.57 Å². The lowest BCUT2D eigenvalue weighted by Gasteiger charge is -2.08. The molecule has 0 atom stereocenters. The molecule has 98 valence electrons. The molecule has 0 saturated carbocycles. The Bertz CT molecular complexity index is 1010. The largest absolute Gasteiger partial charge is 0.213 e. The Morgan fingerprint density at radius 1 is 0.619 bits per heavy atom. The number of nitrogens with zero attached hydrogens (tertiary/aromatic N) is 1. The van der Waals surface area contributed by atoms with E-state index in [-0.39, 0.29) is 0 Å². The van der Waals surface area contributed by atoms with Crippen molar-refractivity contribution in [1.29, 1.82) is 0 Å². The van der Waals surface area contributed by atoms with Gasteiger partial charge in [-0.2, -0.15) is 4.57 Å². The van der Waals surface area contributed by atoms with Gasteiger partial charge in [0.2, 0.25) is 5.69 Å². The molecule has 0 amide bonds. The summed E-state index contributed by atoms with van der Waals surface area (Å²) < 4.78 is 2.35. The van der Waals surface area contributed by atoms with Crippen molar-refractivity contribution in [3.63, 3.8) is 0 Å². The van der Waals surface area contributed by atoms with E-state index in [1.807, 2.05) is 0 Å². The zero-order chi connectivity index (χ0) is 13.8. The molecule has 3 aromatic carbocycles. The number of benzene rings is 3. The van der Waals surface area contributed by atoms with E-state index in [1.54, 1.807) is 0 Å². The fourth-order valence-corrected chi connectivity index (χ4v) is 3.68. The molecule has 1 aromatic heterocycles. The minimum absolute atomic E-state index is 0.969. The smallest absolute Gasteiger partial charge is 0.194 e. The third kappa shape index (κ3) is 1.38. The molecule has 0 aliphatic carbocycles. The molecular weight excluding hydrogens is 254 g/mol. The van der Waals surface area contributed by atoms with E-state index in [4.69, 9.17) is 0 Å². The molecule has 21 heavy (non-hydrogen) atoms. The maximum atomic E-state index is 2.35. The van der Waals surface area contributed by atoms with Gasteiger partial charge < -0.3 is 0 Å². The standard InChI is InChI=1S/C20H14N/c1-2-9-16-14(7-1)15-8-3-4-10-17(15)20-18(16)13-21-12-6-5-11-19(20)21/h1-12H,13H2/q+1. The van der Waals surface area contributed by atoms with E-state index in [9.17, 15) is 0 Å². The number of aromatic nitrogens is 1. The second kappa shape index (κ2) is 3.92. The molecule has 0 radical (unpaired) electrons. The lowest BCUT2D eigenvalue weighted by molar-refractivity contribution is -0.671. The van der Waals surface area contributed by atoms with Crippen LogP contribution >= 0.6 is 0 Å². The zero-order valence-electron chi connectivity index (χ0n) is 11.6. The Labute approximate surface area is 123 Å². The van der Waals surface area contributed by atoms with Crippen molar-refractivity contribution in [3.8, 4) is 11.3 Å². The van der Waals surface area contributed by atoms with Gasteiger partial charge in [0.25, 0.3) is 0 Å². The molecule has 5 rings (SSSR count). The third-order valence-corrected chi connectivity index (χ3v) is 4.57. The van der Waals surface area contributed by atoms with Crippen LogP contribution in [0.1, 0.15) is 5.56 Å². The van der Waals surface area contributed by atoms with Crippen molar-refractivity contribution in [3.05, 3.63) is 78.5 Å². The first-order valence-corrected chi connectivity index (χ1v) is 7.34. The molecule has 1 nitrogen and oxygen atoms in total. The Morgan fingerprint density at radius 3 is 2.05 bits per heavy atom. The minimum atomic E-state index is 0.969. The van der Waals surface area contributed by atoms with Crippen LogP contribution in [0.5, 0.6) is 0 Å². The third-order valence-electron chi connectivity index (χ3n) is 4.57. The Kier molecular flexibility index (Phi) is 2.06. The van der Waals surface area contributed by atoms with Crippen LogP contribution in [0.3, 0.4) is 0 Å². The van der Waals surface area contributed by atoms with E-state index in [2.05, 4.69) is 77.5 Å². The monoisotopic (exact) mass is 268 g/mol. The predicted octanol–water partition coefficient (Wildman–Crippen LogP) is 4.31. The van der Waals surface area contributed by atoms with Crippen molar-refractivity contribution in [2.45, 2.75) is 6.54 Å². The molecule has 0 bridgehead atoms. The summed E-state index contributed by atoms with van der Waals surface area (Å²) in [6, 6.07) is 24.0. The Morgan fingerprint density at radius 2 is 1.24 bits per heavy atom. The Balaban J connectivity index is 2.08. The number of rotatable bonds is 0. The number of hydrogen-bond acceptors (Lipinski definition) is 0. The lowest BCUT2D eigenvalue weighted by atomic mass is 9.92. The summed E-state index contributed by atoms with van der Waals surface area (Å²) in [6.45, 7) is 0.969. The van der Waals surface area contributed by atoms with E-state index in [1.165, 1.54) is 38.4 Å². The summed E-state index contributed by atoms with van der Waals surface area (Å²) in [7, 11) is 0. The van der Waals surface area contributed by atoms with Gasteiger partial charge in [0.15, 0.2) is 12.7 Å². The first kappa shape index (κ1) is 11.0. The molecule has 0 saturated heterocycles. The number of hydrogen-bond donors (Lipinski definition) is 0. The summed E-state index contributed by atoms with van der Waals surface area (Å²) in [6.07, 6.45) is 2.18. The van der Waals surface area contributed by atoms with Gasteiger partial charge in [-0.25, -0.2) is 0 Å². The van der Waals surface area contributed by atoms with Crippen LogP contribution in [0.25, 0.3) is 32.8 Å². The molecular formula is C20H14N+. The second-order valence-electron chi connectivity index (χ2n) is 5.66. The number of pyridine rings is 1. The lowest BCUT2D eigenvalue weighted by Crippen LogP contribution is -2.31.